The Morgan fingerprint density at radius 3 is 2.67 bits per heavy atom. The second-order valence-electron chi connectivity index (χ2n) is 4.26. The predicted molar refractivity (Wildman–Crippen MR) is 78.7 cm³/mol. The molecule has 0 heterocycles. The highest BCUT2D eigenvalue weighted by atomic mass is 16.4. The van der Waals surface area contributed by atoms with Gasteiger partial charge in [0.05, 0.1) is 0 Å². The van der Waals surface area contributed by atoms with Crippen molar-refractivity contribution >= 4 is 23.9 Å². The lowest BCUT2D eigenvalue weighted by molar-refractivity contribution is -0.131. The average Bonchev–Trinajstić information content (AvgIpc) is 2.45. The molecule has 6 nitrogen and oxygen atoms in total. The van der Waals surface area contributed by atoms with Gasteiger partial charge in [-0.25, -0.2) is 4.79 Å². The van der Waals surface area contributed by atoms with E-state index in [0.29, 0.717) is 17.7 Å². The number of carbonyl (C=O) groups is 3. The quantitative estimate of drug-likeness (QED) is 0.654. The van der Waals surface area contributed by atoms with Crippen LogP contribution in [-0.2, 0) is 9.59 Å². The van der Waals surface area contributed by atoms with E-state index < -0.39 is 5.97 Å². The topological polar surface area (TPSA) is 95.5 Å². The molecule has 0 fully saturated rings. The highest BCUT2D eigenvalue weighted by molar-refractivity contribution is 5.95. The van der Waals surface area contributed by atoms with Crippen molar-refractivity contribution in [2.75, 3.05) is 13.1 Å². The van der Waals surface area contributed by atoms with Crippen LogP contribution in [0.15, 0.2) is 30.3 Å². The van der Waals surface area contributed by atoms with Gasteiger partial charge in [0.15, 0.2) is 0 Å². The van der Waals surface area contributed by atoms with Crippen LogP contribution in [-0.4, -0.2) is 36.0 Å². The molecule has 2 amide bonds. The van der Waals surface area contributed by atoms with Gasteiger partial charge >= 0.3 is 5.97 Å². The summed E-state index contributed by atoms with van der Waals surface area (Å²) in [5.41, 5.74) is 1.03. The lowest BCUT2D eigenvalue weighted by Gasteiger charge is -2.06. The fourth-order valence-electron chi connectivity index (χ4n) is 1.63. The van der Waals surface area contributed by atoms with Crippen molar-refractivity contribution in [1.29, 1.82) is 0 Å². The second-order valence-corrected chi connectivity index (χ2v) is 4.26. The monoisotopic (exact) mass is 290 g/mol. The van der Waals surface area contributed by atoms with Crippen LogP contribution in [0.25, 0.3) is 6.08 Å². The Balaban J connectivity index is 2.56. The molecule has 0 aliphatic heterocycles. The first-order chi connectivity index (χ1) is 10.0. The molecule has 0 radical (unpaired) electrons. The summed E-state index contributed by atoms with van der Waals surface area (Å²) < 4.78 is 0. The van der Waals surface area contributed by atoms with Gasteiger partial charge in [-0.15, -0.1) is 0 Å². The number of carboxylic acids is 1. The summed E-state index contributed by atoms with van der Waals surface area (Å²) >= 11 is 0. The van der Waals surface area contributed by atoms with Gasteiger partial charge in [0.2, 0.25) is 5.91 Å². The summed E-state index contributed by atoms with van der Waals surface area (Å²) in [4.78, 5) is 33.6. The molecule has 112 valence electrons. The minimum absolute atomic E-state index is 0.115. The van der Waals surface area contributed by atoms with E-state index in [0.717, 1.165) is 6.08 Å². The number of benzene rings is 1. The van der Waals surface area contributed by atoms with Gasteiger partial charge in [0.25, 0.3) is 5.91 Å². The van der Waals surface area contributed by atoms with Crippen LogP contribution < -0.4 is 10.6 Å². The van der Waals surface area contributed by atoms with Crippen molar-refractivity contribution in [2.24, 2.45) is 0 Å². The molecule has 0 unspecified atom stereocenters. The fraction of sp³-hybridized carbons (Fsp3) is 0.267. The Hall–Kier alpha value is -2.63. The minimum atomic E-state index is -1.05. The van der Waals surface area contributed by atoms with E-state index in [-0.39, 0.29) is 24.8 Å². The molecule has 0 aliphatic rings. The molecular weight excluding hydrogens is 272 g/mol. The number of amides is 2. The van der Waals surface area contributed by atoms with Crippen LogP contribution in [0.5, 0.6) is 0 Å². The van der Waals surface area contributed by atoms with E-state index in [9.17, 15) is 14.4 Å². The SMILES string of the molecule is CCNC(=O)CCNC(=O)c1cccc(/C=C/C(=O)O)c1. The van der Waals surface area contributed by atoms with Crippen molar-refractivity contribution in [3.8, 4) is 0 Å². The number of hydrogen-bond donors (Lipinski definition) is 3. The molecule has 0 spiro atoms. The second kappa shape index (κ2) is 8.52. The van der Waals surface area contributed by atoms with Gasteiger partial charge in [0.1, 0.15) is 0 Å². The first kappa shape index (κ1) is 16.4. The number of rotatable bonds is 7. The van der Waals surface area contributed by atoms with Crippen molar-refractivity contribution in [3.63, 3.8) is 0 Å². The van der Waals surface area contributed by atoms with Crippen LogP contribution in [0.3, 0.4) is 0 Å². The molecule has 0 bridgehead atoms. The molecule has 0 aliphatic carbocycles. The lowest BCUT2D eigenvalue weighted by Crippen LogP contribution is -2.30. The zero-order valence-electron chi connectivity index (χ0n) is 11.8. The minimum Gasteiger partial charge on any atom is -0.478 e. The third-order valence-corrected chi connectivity index (χ3v) is 2.58. The summed E-state index contributed by atoms with van der Waals surface area (Å²) in [6.45, 7) is 2.64. The van der Waals surface area contributed by atoms with Crippen LogP contribution in [0, 0.1) is 0 Å². The first-order valence-corrected chi connectivity index (χ1v) is 6.59. The normalized spacial score (nSPS) is 10.3. The zero-order valence-corrected chi connectivity index (χ0v) is 11.8. The summed E-state index contributed by atoms with van der Waals surface area (Å²) in [6, 6.07) is 6.57. The third-order valence-electron chi connectivity index (χ3n) is 2.58. The molecule has 6 heteroatoms. The number of carboxylic acid groups (broad SMARTS) is 1. The van der Waals surface area contributed by atoms with Crippen molar-refractivity contribution in [1.82, 2.24) is 10.6 Å². The fourth-order valence-corrected chi connectivity index (χ4v) is 1.63. The van der Waals surface area contributed by atoms with Gasteiger partial charge in [-0.3, -0.25) is 9.59 Å². The number of aliphatic carboxylic acids is 1. The van der Waals surface area contributed by atoms with Gasteiger partial charge in [-0.2, -0.15) is 0 Å². The van der Waals surface area contributed by atoms with Gasteiger partial charge in [0, 0.05) is 31.1 Å². The van der Waals surface area contributed by atoms with Gasteiger partial charge < -0.3 is 15.7 Å². The van der Waals surface area contributed by atoms with E-state index in [1.165, 1.54) is 6.08 Å². The molecule has 0 saturated heterocycles. The van der Waals surface area contributed by atoms with Crippen molar-refractivity contribution in [3.05, 3.63) is 41.5 Å². The molecule has 1 aromatic carbocycles. The predicted octanol–water partition coefficient (Wildman–Crippen LogP) is 1.04. The molecule has 1 rings (SSSR count). The Morgan fingerprint density at radius 2 is 2.00 bits per heavy atom. The van der Waals surface area contributed by atoms with Crippen LogP contribution in [0.2, 0.25) is 0 Å². The van der Waals surface area contributed by atoms with Crippen LogP contribution in [0.1, 0.15) is 29.3 Å². The molecular formula is C15H18N2O4. The Morgan fingerprint density at radius 1 is 1.24 bits per heavy atom. The Labute approximate surface area is 122 Å². The van der Waals surface area contributed by atoms with E-state index in [1.54, 1.807) is 24.3 Å². The van der Waals surface area contributed by atoms with Gasteiger partial charge in [-0.1, -0.05) is 12.1 Å². The van der Waals surface area contributed by atoms with Crippen LogP contribution in [0.4, 0.5) is 0 Å². The molecule has 0 saturated carbocycles. The zero-order chi connectivity index (χ0) is 15.7. The number of nitrogens with one attached hydrogen (secondary N) is 2. The molecule has 21 heavy (non-hydrogen) atoms. The summed E-state index contributed by atoms with van der Waals surface area (Å²) in [6.07, 6.45) is 2.64. The standard InChI is InChI=1S/C15H18N2O4/c1-2-16-13(18)8-9-17-15(21)12-5-3-4-11(10-12)6-7-14(19)20/h3-7,10H,2,8-9H2,1H3,(H,16,18)(H,17,21)(H,19,20)/b7-6+. The highest BCUT2D eigenvalue weighted by Crippen LogP contribution is 2.07. The van der Waals surface area contributed by atoms with E-state index in [4.69, 9.17) is 5.11 Å². The largest absolute Gasteiger partial charge is 0.478 e. The highest BCUT2D eigenvalue weighted by Gasteiger charge is 2.06. The first-order valence-electron chi connectivity index (χ1n) is 6.59. The van der Waals surface area contributed by atoms with Crippen molar-refractivity contribution < 1.29 is 19.5 Å². The Bertz CT molecular complexity index is 552. The third kappa shape index (κ3) is 6.38. The molecule has 0 atom stereocenters. The lowest BCUT2D eigenvalue weighted by atomic mass is 10.1. The number of carbonyl (C=O) groups excluding carboxylic acids is 2. The van der Waals surface area contributed by atoms with Crippen LogP contribution >= 0.6 is 0 Å². The summed E-state index contributed by atoms with van der Waals surface area (Å²) in [5.74, 6) is -1.47. The van der Waals surface area contributed by atoms with E-state index in [2.05, 4.69) is 10.6 Å². The maximum atomic E-state index is 11.9. The summed E-state index contributed by atoms with van der Waals surface area (Å²) in [5, 5.41) is 13.8. The average molecular weight is 290 g/mol. The smallest absolute Gasteiger partial charge is 0.328 e. The van der Waals surface area contributed by atoms with Crippen molar-refractivity contribution in [2.45, 2.75) is 13.3 Å². The summed E-state index contributed by atoms with van der Waals surface area (Å²) in [7, 11) is 0. The maximum absolute atomic E-state index is 11.9. The molecule has 3 N–H and O–H groups in total. The van der Waals surface area contributed by atoms with Gasteiger partial charge in [-0.05, 0) is 30.7 Å². The van der Waals surface area contributed by atoms with E-state index in [1.807, 2.05) is 6.92 Å². The molecule has 0 aromatic heterocycles. The Kier molecular flexibility index (Phi) is 6.67. The van der Waals surface area contributed by atoms with E-state index >= 15 is 0 Å². The number of hydrogen-bond acceptors (Lipinski definition) is 3. The molecule has 1 aromatic rings. The maximum Gasteiger partial charge on any atom is 0.328 e.